The first-order chi connectivity index (χ1) is 37.2. The van der Waals surface area contributed by atoms with Crippen molar-refractivity contribution in [1.82, 2.24) is 13.7 Å². The third-order valence-corrected chi connectivity index (χ3v) is 18.3. The number of fused-ring (bicyclic) bond motifs is 16. The highest BCUT2D eigenvalue weighted by molar-refractivity contribution is 7.26. The van der Waals surface area contributed by atoms with Gasteiger partial charge in [-0.15, -0.1) is 22.7 Å². The maximum absolute atomic E-state index is 2.54. The molecule has 75 heavy (non-hydrogen) atoms. The highest BCUT2D eigenvalue weighted by atomic mass is 32.1. The topological polar surface area (TPSA) is 14.8 Å². The van der Waals surface area contributed by atoms with Gasteiger partial charge in [-0.1, -0.05) is 152 Å². The quantitative estimate of drug-likeness (QED) is 0.163. The average molecular weight is 988 g/mol. The number of hydrogen-bond donors (Lipinski definition) is 0. The molecule has 5 aromatic heterocycles. The van der Waals surface area contributed by atoms with Crippen LogP contribution in [0.25, 0.3) is 156 Å². The van der Waals surface area contributed by atoms with Crippen LogP contribution in [0, 0.1) is 0 Å². The Morgan fingerprint density at radius 2 is 0.707 bits per heavy atom. The fraction of sp³-hybridized carbons (Fsp3) is 0. The highest BCUT2D eigenvalue weighted by Gasteiger charge is 2.22. The van der Waals surface area contributed by atoms with Crippen LogP contribution in [-0.4, -0.2) is 13.7 Å². The van der Waals surface area contributed by atoms with Crippen LogP contribution in [-0.2, 0) is 0 Å². The zero-order valence-corrected chi connectivity index (χ0v) is 42.0. The van der Waals surface area contributed by atoms with Crippen molar-refractivity contribution in [3.05, 3.63) is 249 Å². The summed E-state index contributed by atoms with van der Waals surface area (Å²) in [6.07, 6.45) is 0. The minimum Gasteiger partial charge on any atom is -0.309 e. The van der Waals surface area contributed by atoms with E-state index in [2.05, 4.69) is 262 Å². The molecule has 0 unspecified atom stereocenters. The molecule has 0 fully saturated rings. The molecule has 0 amide bonds. The van der Waals surface area contributed by atoms with Crippen molar-refractivity contribution in [2.24, 2.45) is 0 Å². The molecular formula is C70H41N3S2. The lowest BCUT2D eigenvalue weighted by atomic mass is 9.99. The van der Waals surface area contributed by atoms with Gasteiger partial charge in [0.25, 0.3) is 0 Å². The minimum absolute atomic E-state index is 1.16. The normalized spacial score (nSPS) is 12.3. The van der Waals surface area contributed by atoms with Crippen molar-refractivity contribution in [1.29, 1.82) is 0 Å². The molecule has 12 aromatic carbocycles. The smallest absolute Gasteiger partial charge is 0.0562 e. The molecule has 0 N–H and O–H groups in total. The lowest BCUT2D eigenvalue weighted by Crippen LogP contribution is -1.97. The molecule has 0 aliphatic heterocycles. The second-order valence-corrected chi connectivity index (χ2v) is 22.2. The maximum Gasteiger partial charge on any atom is 0.0562 e. The van der Waals surface area contributed by atoms with Crippen LogP contribution in [0.3, 0.4) is 0 Å². The van der Waals surface area contributed by atoms with E-state index in [1.165, 1.54) is 144 Å². The Hall–Kier alpha value is -9.26. The van der Waals surface area contributed by atoms with Crippen LogP contribution in [0.15, 0.2) is 249 Å². The van der Waals surface area contributed by atoms with Crippen LogP contribution in [0.2, 0.25) is 0 Å². The number of para-hydroxylation sites is 2. The van der Waals surface area contributed by atoms with Crippen molar-refractivity contribution >= 4 is 139 Å². The van der Waals surface area contributed by atoms with E-state index in [4.69, 9.17) is 0 Å². The Morgan fingerprint density at radius 1 is 0.227 bits per heavy atom. The van der Waals surface area contributed by atoms with Gasteiger partial charge in [-0.2, -0.15) is 0 Å². The molecule has 5 heterocycles. The van der Waals surface area contributed by atoms with Gasteiger partial charge < -0.3 is 13.7 Å². The molecule has 0 aliphatic carbocycles. The molecule has 348 valence electrons. The molecule has 17 rings (SSSR count). The summed E-state index contributed by atoms with van der Waals surface area (Å²) in [5, 5.41) is 15.3. The molecule has 0 saturated carbocycles. The number of nitrogens with zero attached hydrogens (tertiary/aromatic N) is 3. The standard InChI is InChI=1S/C70H41N3S2/c1-2-13-46-36-49(34-30-42(46)12-1)72-60-19-8-4-17-53(60)70-62(72)20-11-21-63(70)73-61-35-31-47(37-54(61)56-41-69-58(39-65(56)73)52-16-6-10-23-67(52)75-69)45-26-24-43(25-27-45)44-28-32-48(33-29-44)71-59-18-7-3-14-50(59)55-40-68-57(38-64(55)71)51-15-5-9-22-66(51)74-68/h1-41H. The first-order valence-corrected chi connectivity index (χ1v) is 27.3. The zero-order valence-electron chi connectivity index (χ0n) is 40.3. The molecule has 0 bridgehead atoms. The Kier molecular flexibility index (Phi) is 8.59. The summed E-state index contributed by atoms with van der Waals surface area (Å²) in [5.74, 6) is 0. The van der Waals surface area contributed by atoms with Gasteiger partial charge in [0.2, 0.25) is 0 Å². The van der Waals surface area contributed by atoms with Crippen molar-refractivity contribution in [2.75, 3.05) is 0 Å². The molecular weight excluding hydrogens is 947 g/mol. The molecule has 0 radical (unpaired) electrons. The van der Waals surface area contributed by atoms with Gasteiger partial charge in [0, 0.05) is 84.0 Å². The number of benzene rings is 12. The summed E-state index contributed by atoms with van der Waals surface area (Å²) >= 11 is 3.76. The third kappa shape index (κ3) is 6.02. The first kappa shape index (κ1) is 41.2. The largest absolute Gasteiger partial charge is 0.309 e. The van der Waals surface area contributed by atoms with Gasteiger partial charge in [-0.25, -0.2) is 0 Å². The molecule has 0 aliphatic rings. The Bertz CT molecular complexity index is 5230. The summed E-state index contributed by atoms with van der Waals surface area (Å²) in [4.78, 5) is 0. The summed E-state index contributed by atoms with van der Waals surface area (Å²) in [7, 11) is 0. The van der Waals surface area contributed by atoms with Crippen LogP contribution in [0.4, 0.5) is 0 Å². The SMILES string of the molecule is c1ccc2cc(-n3c4ccccc4c4c(-n5c6ccc(-c7ccc(-c8ccc(-n9c%10ccccc%10c%10cc%11sc%12ccccc%12c%11cc%109)cc8)cc7)cc6c6cc7sc8ccccc8c7cc65)cccc43)ccc2c1. The second-order valence-electron chi connectivity index (χ2n) is 20.0. The predicted molar refractivity (Wildman–Crippen MR) is 324 cm³/mol. The molecule has 17 aromatic rings. The molecule has 5 heteroatoms. The number of hydrogen-bond acceptors (Lipinski definition) is 2. The summed E-state index contributed by atoms with van der Waals surface area (Å²) < 4.78 is 12.7. The van der Waals surface area contributed by atoms with Crippen molar-refractivity contribution in [3.8, 4) is 39.3 Å². The van der Waals surface area contributed by atoms with Crippen molar-refractivity contribution in [3.63, 3.8) is 0 Å². The van der Waals surface area contributed by atoms with E-state index < -0.39 is 0 Å². The van der Waals surface area contributed by atoms with E-state index in [-0.39, 0.29) is 0 Å². The monoisotopic (exact) mass is 987 g/mol. The van der Waals surface area contributed by atoms with Gasteiger partial charge in [0.1, 0.15) is 0 Å². The summed E-state index contributed by atoms with van der Waals surface area (Å²) in [6.45, 7) is 0. The van der Waals surface area contributed by atoms with E-state index in [1.54, 1.807) is 0 Å². The average Bonchev–Trinajstić information content (AvgIpc) is 4.30. The predicted octanol–water partition coefficient (Wildman–Crippen LogP) is 20.2. The Labute approximate surface area is 438 Å². The lowest BCUT2D eigenvalue weighted by Gasteiger charge is -2.12. The lowest BCUT2D eigenvalue weighted by molar-refractivity contribution is 1.17. The molecule has 0 atom stereocenters. The van der Waals surface area contributed by atoms with Gasteiger partial charge in [-0.3, -0.25) is 0 Å². The summed E-state index contributed by atoms with van der Waals surface area (Å²) in [6, 6.07) is 92.7. The van der Waals surface area contributed by atoms with Gasteiger partial charge >= 0.3 is 0 Å². The second kappa shape index (κ2) is 15.6. The zero-order chi connectivity index (χ0) is 48.9. The van der Waals surface area contributed by atoms with Crippen LogP contribution < -0.4 is 0 Å². The Morgan fingerprint density at radius 3 is 1.41 bits per heavy atom. The maximum atomic E-state index is 2.54. The van der Waals surface area contributed by atoms with E-state index >= 15 is 0 Å². The summed E-state index contributed by atoms with van der Waals surface area (Å²) in [5.41, 5.74) is 15.5. The van der Waals surface area contributed by atoms with E-state index in [0.29, 0.717) is 0 Å². The third-order valence-electron chi connectivity index (χ3n) is 16.0. The fourth-order valence-corrected chi connectivity index (χ4v) is 14.8. The first-order valence-electron chi connectivity index (χ1n) is 25.6. The van der Waals surface area contributed by atoms with Gasteiger partial charge in [0.15, 0.2) is 0 Å². The Balaban J connectivity index is 0.792. The number of thiophene rings is 2. The highest BCUT2D eigenvalue weighted by Crippen LogP contribution is 2.46. The molecule has 3 nitrogen and oxygen atoms in total. The minimum atomic E-state index is 1.16. The van der Waals surface area contributed by atoms with Crippen molar-refractivity contribution in [2.45, 2.75) is 0 Å². The van der Waals surface area contributed by atoms with E-state index in [0.717, 1.165) is 11.4 Å². The van der Waals surface area contributed by atoms with Crippen LogP contribution in [0.5, 0.6) is 0 Å². The fourth-order valence-electron chi connectivity index (χ4n) is 12.6. The number of aromatic nitrogens is 3. The van der Waals surface area contributed by atoms with Crippen molar-refractivity contribution < 1.29 is 0 Å². The molecule has 0 spiro atoms. The van der Waals surface area contributed by atoms with Crippen LogP contribution >= 0.6 is 22.7 Å². The number of rotatable bonds is 5. The van der Waals surface area contributed by atoms with Gasteiger partial charge in [0.05, 0.1) is 38.8 Å². The van der Waals surface area contributed by atoms with E-state index in [1.807, 2.05) is 22.7 Å². The molecule has 0 saturated heterocycles. The van der Waals surface area contributed by atoms with Gasteiger partial charge in [-0.05, 0) is 130 Å². The van der Waals surface area contributed by atoms with E-state index in [9.17, 15) is 0 Å². The van der Waals surface area contributed by atoms with Crippen LogP contribution in [0.1, 0.15) is 0 Å².